The Kier molecular flexibility index (Phi) is 8.53. The van der Waals surface area contributed by atoms with Crippen LogP contribution in [0, 0.1) is 0 Å². The number of hydrogen-bond acceptors (Lipinski definition) is 4. The fourth-order valence-corrected chi connectivity index (χ4v) is 2.10. The van der Waals surface area contributed by atoms with Crippen molar-refractivity contribution < 1.29 is 14.6 Å². The van der Waals surface area contributed by atoms with Crippen molar-refractivity contribution in [2.24, 2.45) is 0 Å². The first kappa shape index (κ1) is 21.6. The smallest absolute Gasteiger partial charge is 0.127 e. The highest BCUT2D eigenvalue weighted by atomic mass is 35.5. The van der Waals surface area contributed by atoms with E-state index in [9.17, 15) is 5.11 Å². The molecule has 4 nitrogen and oxygen atoms in total. The summed E-state index contributed by atoms with van der Waals surface area (Å²) in [5.74, 6) is 2.24. The van der Waals surface area contributed by atoms with Gasteiger partial charge in [0.15, 0.2) is 0 Å². The van der Waals surface area contributed by atoms with Crippen molar-refractivity contribution in [1.82, 2.24) is 5.32 Å². The van der Waals surface area contributed by atoms with Crippen LogP contribution in [0.3, 0.4) is 0 Å². The van der Waals surface area contributed by atoms with Crippen LogP contribution in [0.1, 0.15) is 20.8 Å². The summed E-state index contributed by atoms with van der Waals surface area (Å²) in [6.45, 7) is 6.61. The summed E-state index contributed by atoms with van der Waals surface area (Å²) in [5, 5.41) is 13.2. The van der Waals surface area contributed by atoms with E-state index in [4.69, 9.17) is 21.1 Å². The van der Waals surface area contributed by atoms with Crippen molar-refractivity contribution in [3.63, 3.8) is 0 Å². The maximum atomic E-state index is 9.24. The molecule has 0 aromatic heterocycles. The van der Waals surface area contributed by atoms with Gasteiger partial charge in [0.05, 0.1) is 6.61 Å². The maximum Gasteiger partial charge on any atom is 0.127 e. The molecule has 0 saturated heterocycles. The molecular formula is C19H25Cl2NO3. The van der Waals surface area contributed by atoms with Gasteiger partial charge in [-0.3, -0.25) is 0 Å². The predicted molar refractivity (Wildman–Crippen MR) is 104 cm³/mol. The third-order valence-electron chi connectivity index (χ3n) is 3.47. The lowest BCUT2D eigenvalue weighted by atomic mass is 10.1. The van der Waals surface area contributed by atoms with Gasteiger partial charge in [-0.2, -0.15) is 0 Å². The Bertz CT molecular complexity index is 630. The topological polar surface area (TPSA) is 50.7 Å². The minimum Gasteiger partial charge on any atom is -0.489 e. The maximum absolute atomic E-state index is 9.24. The Hall–Kier alpha value is -1.46. The Morgan fingerprint density at radius 3 is 2.00 bits per heavy atom. The lowest BCUT2D eigenvalue weighted by molar-refractivity contribution is 0.157. The average molecular weight is 386 g/mol. The summed E-state index contributed by atoms with van der Waals surface area (Å²) >= 11 is 5.86. The largest absolute Gasteiger partial charge is 0.489 e. The van der Waals surface area contributed by atoms with Crippen molar-refractivity contribution in [3.8, 4) is 17.2 Å². The van der Waals surface area contributed by atoms with Crippen LogP contribution in [0.5, 0.6) is 17.2 Å². The van der Waals surface area contributed by atoms with Gasteiger partial charge in [0.2, 0.25) is 0 Å². The van der Waals surface area contributed by atoms with Gasteiger partial charge >= 0.3 is 0 Å². The number of nitrogens with one attached hydrogen (secondary N) is 1. The van der Waals surface area contributed by atoms with Gasteiger partial charge in [0.1, 0.15) is 23.4 Å². The van der Waals surface area contributed by atoms with E-state index in [0.29, 0.717) is 11.6 Å². The summed E-state index contributed by atoms with van der Waals surface area (Å²) in [6.07, 6.45) is -0.0149. The molecule has 0 radical (unpaired) electrons. The second-order valence-corrected chi connectivity index (χ2v) is 6.82. The minimum atomic E-state index is -0.312. The Morgan fingerprint density at radius 2 is 1.48 bits per heavy atom. The highest BCUT2D eigenvalue weighted by molar-refractivity contribution is 6.30. The van der Waals surface area contributed by atoms with Gasteiger partial charge in [-0.25, -0.2) is 0 Å². The molecular weight excluding hydrogens is 361 g/mol. The summed E-state index contributed by atoms with van der Waals surface area (Å²) in [4.78, 5) is 0. The van der Waals surface area contributed by atoms with Crippen LogP contribution >= 0.6 is 24.0 Å². The molecule has 6 heteroatoms. The van der Waals surface area contributed by atoms with Crippen LogP contribution in [0.25, 0.3) is 0 Å². The number of hydrogen-bond donors (Lipinski definition) is 2. The fourth-order valence-electron chi connectivity index (χ4n) is 1.97. The van der Waals surface area contributed by atoms with Crippen molar-refractivity contribution in [2.75, 3.05) is 13.2 Å². The fraction of sp³-hybridized carbons (Fsp3) is 0.368. The van der Waals surface area contributed by atoms with E-state index in [1.807, 2.05) is 57.2 Å². The highest BCUT2D eigenvalue weighted by Crippen LogP contribution is 2.25. The monoisotopic (exact) mass is 385 g/mol. The molecule has 138 valence electrons. The molecule has 0 heterocycles. The van der Waals surface area contributed by atoms with E-state index >= 15 is 0 Å². The van der Waals surface area contributed by atoms with E-state index in [0.717, 1.165) is 17.2 Å². The minimum absolute atomic E-state index is 0. The van der Waals surface area contributed by atoms with Crippen LogP contribution < -0.4 is 14.8 Å². The van der Waals surface area contributed by atoms with Crippen molar-refractivity contribution in [1.29, 1.82) is 0 Å². The van der Waals surface area contributed by atoms with Gasteiger partial charge < -0.3 is 19.9 Å². The molecule has 0 amide bonds. The molecule has 1 atom stereocenters. The molecule has 0 aliphatic rings. The third kappa shape index (κ3) is 7.53. The number of halogens is 2. The molecule has 2 aromatic rings. The van der Waals surface area contributed by atoms with Crippen molar-refractivity contribution in [2.45, 2.75) is 32.4 Å². The number of ether oxygens (including phenoxy) is 2. The number of aliphatic hydroxyl groups excluding tert-OH is 1. The first-order chi connectivity index (χ1) is 11.4. The molecule has 2 aromatic carbocycles. The molecule has 0 aliphatic carbocycles. The molecule has 0 bridgehead atoms. The first-order valence-electron chi connectivity index (χ1n) is 7.94. The van der Waals surface area contributed by atoms with Gasteiger partial charge in [0, 0.05) is 17.1 Å². The number of benzene rings is 2. The zero-order valence-electron chi connectivity index (χ0n) is 14.7. The van der Waals surface area contributed by atoms with E-state index < -0.39 is 0 Å². The predicted octanol–water partition coefficient (Wildman–Crippen LogP) is 4.68. The molecule has 25 heavy (non-hydrogen) atoms. The first-order valence-corrected chi connectivity index (χ1v) is 8.32. The van der Waals surface area contributed by atoms with Gasteiger partial charge in [-0.1, -0.05) is 11.6 Å². The second kappa shape index (κ2) is 9.88. The quantitative estimate of drug-likeness (QED) is 0.692. The Morgan fingerprint density at radius 1 is 1.00 bits per heavy atom. The molecule has 0 aliphatic heterocycles. The number of aliphatic hydroxyl groups is 1. The van der Waals surface area contributed by atoms with Crippen molar-refractivity contribution >= 4 is 24.0 Å². The SMILES string of the molecule is CC(CNC(C)(C)CO)Oc1ccc(Oc2ccc(Cl)cc2)cc1.Cl. The van der Waals surface area contributed by atoms with E-state index in [1.54, 1.807) is 12.1 Å². The van der Waals surface area contributed by atoms with Gasteiger partial charge in [-0.05, 0) is 69.3 Å². The lowest BCUT2D eigenvalue weighted by Gasteiger charge is -2.26. The third-order valence-corrected chi connectivity index (χ3v) is 3.73. The van der Waals surface area contributed by atoms with Gasteiger partial charge in [0.25, 0.3) is 0 Å². The van der Waals surface area contributed by atoms with E-state index in [2.05, 4.69) is 5.32 Å². The van der Waals surface area contributed by atoms with Crippen molar-refractivity contribution in [3.05, 3.63) is 53.6 Å². The molecule has 0 saturated carbocycles. The molecule has 1 unspecified atom stereocenters. The second-order valence-electron chi connectivity index (χ2n) is 6.38. The Balaban J connectivity index is 0.00000312. The number of rotatable bonds is 8. The summed E-state index contributed by atoms with van der Waals surface area (Å²) in [6, 6.07) is 14.7. The summed E-state index contributed by atoms with van der Waals surface area (Å²) in [7, 11) is 0. The van der Waals surface area contributed by atoms with E-state index in [-0.39, 0.29) is 30.7 Å². The standard InChI is InChI=1S/C19H24ClNO3.ClH/c1-14(12-21-19(2,3)13-22)23-16-8-10-18(11-9-16)24-17-6-4-15(20)5-7-17;/h4-11,14,21-22H,12-13H2,1-3H3;1H. The zero-order chi connectivity index (χ0) is 17.6. The van der Waals surface area contributed by atoms with Crippen LogP contribution in [-0.2, 0) is 0 Å². The highest BCUT2D eigenvalue weighted by Gasteiger charge is 2.16. The molecule has 0 fully saturated rings. The zero-order valence-corrected chi connectivity index (χ0v) is 16.2. The normalized spacial score (nSPS) is 12.2. The van der Waals surface area contributed by atoms with Crippen LogP contribution in [-0.4, -0.2) is 29.9 Å². The van der Waals surface area contributed by atoms with E-state index in [1.165, 1.54) is 0 Å². The van der Waals surface area contributed by atoms with Crippen LogP contribution in [0.2, 0.25) is 5.02 Å². The summed E-state index contributed by atoms with van der Waals surface area (Å²) < 4.78 is 11.6. The lowest BCUT2D eigenvalue weighted by Crippen LogP contribution is -2.46. The van der Waals surface area contributed by atoms with Crippen LogP contribution in [0.15, 0.2) is 48.5 Å². The summed E-state index contributed by atoms with van der Waals surface area (Å²) in [5.41, 5.74) is -0.312. The Labute approximate surface area is 160 Å². The molecule has 2 rings (SSSR count). The molecule has 0 spiro atoms. The van der Waals surface area contributed by atoms with Gasteiger partial charge in [-0.15, -0.1) is 12.4 Å². The molecule has 2 N–H and O–H groups in total. The van der Waals surface area contributed by atoms with Crippen LogP contribution in [0.4, 0.5) is 0 Å². The average Bonchev–Trinajstić information content (AvgIpc) is 2.57.